The van der Waals surface area contributed by atoms with Crippen molar-refractivity contribution in [2.45, 2.75) is 50.3 Å². The minimum Gasteiger partial charge on any atom is -0.467 e. The fraction of sp³-hybridized carbons (Fsp3) is 0.312. The standard InChI is InChI=1S/C32H37NO4Si/c1-6-22-32(30(35)36-5)23-26(24-33(32)29(34)25-16-10-7-11-17-25)37-38(31(2,3)4,27-18-12-8-13-19-27)28-20-14-9-15-21-28/h6-21,26H,1,22-24H2,2-5H3/t26-,32+/m1/s1. The molecule has 1 saturated heterocycles. The van der Waals surface area contributed by atoms with Crippen LogP contribution in [0.3, 0.4) is 0 Å². The number of benzene rings is 3. The SMILES string of the molecule is C=CC[C@@]1(C(=O)OC)C[C@@H](O[Si](c2ccccc2)(c2ccccc2)C(C)(C)C)CN1C(=O)c1ccccc1. The first-order chi connectivity index (χ1) is 18.2. The predicted molar refractivity (Wildman–Crippen MR) is 154 cm³/mol. The molecule has 0 N–H and O–H groups in total. The molecular formula is C32H37NO4Si. The van der Waals surface area contributed by atoms with Crippen LogP contribution < -0.4 is 10.4 Å². The van der Waals surface area contributed by atoms with Gasteiger partial charge in [-0.15, -0.1) is 6.58 Å². The molecule has 0 spiro atoms. The Bertz CT molecular complexity index is 1220. The number of hydrogen-bond acceptors (Lipinski definition) is 4. The van der Waals surface area contributed by atoms with Gasteiger partial charge in [-0.3, -0.25) is 4.79 Å². The maximum absolute atomic E-state index is 13.8. The van der Waals surface area contributed by atoms with E-state index in [-0.39, 0.29) is 30.0 Å². The van der Waals surface area contributed by atoms with Crippen molar-refractivity contribution < 1.29 is 18.8 Å². The summed E-state index contributed by atoms with van der Waals surface area (Å²) < 4.78 is 12.6. The van der Waals surface area contributed by atoms with Crippen LogP contribution in [0, 0.1) is 0 Å². The summed E-state index contributed by atoms with van der Waals surface area (Å²) in [6, 6.07) is 29.8. The Hall–Kier alpha value is -3.48. The number of esters is 1. The predicted octanol–water partition coefficient (Wildman–Crippen LogP) is 4.97. The molecule has 3 aromatic rings. The van der Waals surface area contributed by atoms with Crippen LogP contribution in [-0.2, 0) is 14.0 Å². The Morgan fingerprint density at radius 2 is 1.45 bits per heavy atom. The van der Waals surface area contributed by atoms with Crippen LogP contribution in [0.1, 0.15) is 44.0 Å². The lowest BCUT2D eigenvalue weighted by Crippen LogP contribution is -2.67. The molecule has 198 valence electrons. The number of rotatable bonds is 8. The molecule has 6 heteroatoms. The molecule has 4 rings (SSSR count). The van der Waals surface area contributed by atoms with E-state index in [0.29, 0.717) is 12.0 Å². The van der Waals surface area contributed by atoms with Crippen LogP contribution in [-0.4, -0.2) is 50.4 Å². The minimum absolute atomic E-state index is 0.216. The number of carbonyl (C=O) groups excluding carboxylic acids is 2. The van der Waals surface area contributed by atoms with Crippen LogP contribution in [0.15, 0.2) is 104 Å². The second-order valence-corrected chi connectivity index (χ2v) is 15.2. The number of likely N-dealkylation sites (tertiary alicyclic amines) is 1. The van der Waals surface area contributed by atoms with Gasteiger partial charge in [0.1, 0.15) is 5.54 Å². The third-order valence-electron chi connectivity index (χ3n) is 7.54. The first kappa shape index (κ1) is 27.5. The molecule has 1 fully saturated rings. The normalized spacial score (nSPS) is 19.7. The monoisotopic (exact) mass is 527 g/mol. The maximum Gasteiger partial charge on any atom is 0.332 e. The highest BCUT2D eigenvalue weighted by Crippen LogP contribution is 2.42. The Morgan fingerprint density at radius 3 is 1.89 bits per heavy atom. The molecule has 0 bridgehead atoms. The average molecular weight is 528 g/mol. The van der Waals surface area contributed by atoms with E-state index in [1.54, 1.807) is 23.1 Å². The molecular weight excluding hydrogens is 490 g/mol. The van der Waals surface area contributed by atoms with Gasteiger partial charge in [0.2, 0.25) is 0 Å². The number of methoxy groups -OCH3 is 1. The van der Waals surface area contributed by atoms with E-state index >= 15 is 0 Å². The highest BCUT2D eigenvalue weighted by molar-refractivity contribution is 6.99. The van der Waals surface area contributed by atoms with Crippen LogP contribution in [0.25, 0.3) is 0 Å². The summed E-state index contributed by atoms with van der Waals surface area (Å²) >= 11 is 0. The molecule has 38 heavy (non-hydrogen) atoms. The second kappa shape index (κ2) is 11.1. The molecule has 0 radical (unpaired) electrons. The highest BCUT2D eigenvalue weighted by atomic mass is 28.4. The van der Waals surface area contributed by atoms with Gasteiger partial charge in [0.25, 0.3) is 14.2 Å². The van der Waals surface area contributed by atoms with Crippen molar-refractivity contribution in [3.8, 4) is 0 Å². The van der Waals surface area contributed by atoms with Gasteiger partial charge in [0, 0.05) is 18.5 Å². The molecule has 3 aromatic carbocycles. The molecule has 1 aliphatic rings. The topological polar surface area (TPSA) is 55.8 Å². The summed E-state index contributed by atoms with van der Waals surface area (Å²) in [5, 5.41) is 2.07. The smallest absolute Gasteiger partial charge is 0.332 e. The fourth-order valence-electron chi connectivity index (χ4n) is 5.86. The molecule has 0 saturated carbocycles. The second-order valence-electron chi connectivity index (χ2n) is 10.9. The zero-order chi connectivity index (χ0) is 27.4. The van der Waals surface area contributed by atoms with E-state index in [1.165, 1.54) is 7.11 Å². The largest absolute Gasteiger partial charge is 0.467 e. The van der Waals surface area contributed by atoms with E-state index < -0.39 is 19.8 Å². The molecule has 0 unspecified atom stereocenters. The number of hydrogen-bond donors (Lipinski definition) is 0. The van der Waals surface area contributed by atoms with Crippen molar-refractivity contribution >= 4 is 30.6 Å². The van der Waals surface area contributed by atoms with Crippen molar-refractivity contribution in [1.82, 2.24) is 4.90 Å². The molecule has 1 heterocycles. The lowest BCUT2D eigenvalue weighted by molar-refractivity contribution is -0.152. The van der Waals surface area contributed by atoms with E-state index in [2.05, 4.69) is 51.6 Å². The number of ether oxygens (including phenoxy) is 1. The van der Waals surface area contributed by atoms with Crippen molar-refractivity contribution in [2.24, 2.45) is 0 Å². The third-order valence-corrected chi connectivity index (χ3v) is 12.6. The molecule has 1 aliphatic heterocycles. The number of nitrogens with zero attached hydrogens (tertiary/aromatic N) is 1. The Kier molecular flexibility index (Phi) is 8.04. The summed E-state index contributed by atoms with van der Waals surface area (Å²) in [5.41, 5.74) is -0.671. The lowest BCUT2D eigenvalue weighted by atomic mass is 9.90. The molecule has 0 aliphatic carbocycles. The molecule has 1 amide bonds. The lowest BCUT2D eigenvalue weighted by Gasteiger charge is -2.44. The van der Waals surface area contributed by atoms with Crippen LogP contribution in [0.2, 0.25) is 5.04 Å². The summed E-state index contributed by atoms with van der Waals surface area (Å²) in [5.74, 6) is -0.665. The van der Waals surface area contributed by atoms with Crippen molar-refractivity contribution in [2.75, 3.05) is 13.7 Å². The van der Waals surface area contributed by atoms with Gasteiger partial charge >= 0.3 is 5.97 Å². The van der Waals surface area contributed by atoms with Gasteiger partial charge in [-0.1, -0.05) is 106 Å². The van der Waals surface area contributed by atoms with E-state index in [1.807, 2.05) is 54.6 Å². The minimum atomic E-state index is -2.90. The van der Waals surface area contributed by atoms with Crippen LogP contribution in [0.5, 0.6) is 0 Å². The van der Waals surface area contributed by atoms with Crippen molar-refractivity contribution in [1.29, 1.82) is 0 Å². The fourth-order valence-corrected chi connectivity index (χ4v) is 10.5. The molecule has 5 nitrogen and oxygen atoms in total. The van der Waals surface area contributed by atoms with E-state index in [4.69, 9.17) is 9.16 Å². The van der Waals surface area contributed by atoms with Gasteiger partial charge in [-0.2, -0.15) is 0 Å². The highest BCUT2D eigenvalue weighted by Gasteiger charge is 2.58. The number of amides is 1. The summed E-state index contributed by atoms with van der Waals surface area (Å²) in [4.78, 5) is 28.9. The third kappa shape index (κ3) is 4.86. The maximum atomic E-state index is 13.8. The summed E-state index contributed by atoms with van der Waals surface area (Å²) in [6.45, 7) is 10.8. The average Bonchev–Trinajstić information content (AvgIpc) is 3.30. The summed E-state index contributed by atoms with van der Waals surface area (Å²) in [7, 11) is -1.53. The number of carbonyl (C=O) groups is 2. The van der Waals surface area contributed by atoms with Gasteiger partial charge < -0.3 is 14.1 Å². The molecule has 0 aromatic heterocycles. The van der Waals surface area contributed by atoms with Crippen molar-refractivity contribution in [3.63, 3.8) is 0 Å². The zero-order valence-corrected chi connectivity index (χ0v) is 23.7. The van der Waals surface area contributed by atoms with Crippen LogP contribution in [0.4, 0.5) is 0 Å². The van der Waals surface area contributed by atoms with E-state index in [0.717, 1.165) is 10.4 Å². The first-order valence-corrected chi connectivity index (χ1v) is 15.0. The quantitative estimate of drug-likeness (QED) is 0.236. The first-order valence-electron chi connectivity index (χ1n) is 13.0. The zero-order valence-electron chi connectivity index (χ0n) is 22.7. The Morgan fingerprint density at radius 1 is 0.947 bits per heavy atom. The van der Waals surface area contributed by atoms with Gasteiger partial charge in [0.15, 0.2) is 0 Å². The van der Waals surface area contributed by atoms with Crippen molar-refractivity contribution in [3.05, 3.63) is 109 Å². The summed E-state index contributed by atoms with van der Waals surface area (Å²) in [6.07, 6.45) is 1.91. The van der Waals surface area contributed by atoms with Gasteiger partial charge in [0.05, 0.1) is 13.2 Å². The Balaban J connectivity index is 1.85. The van der Waals surface area contributed by atoms with E-state index in [9.17, 15) is 9.59 Å². The van der Waals surface area contributed by atoms with Gasteiger partial charge in [-0.25, -0.2) is 4.79 Å². The van der Waals surface area contributed by atoms with Gasteiger partial charge in [-0.05, 0) is 34.0 Å². The van der Waals surface area contributed by atoms with Crippen LogP contribution >= 0.6 is 0 Å². The molecule has 2 atom stereocenters. The Labute approximate surface area is 227 Å².